The van der Waals surface area contributed by atoms with Crippen LogP contribution >= 0.6 is 11.6 Å². The van der Waals surface area contributed by atoms with Crippen molar-refractivity contribution in [1.29, 1.82) is 0 Å². The van der Waals surface area contributed by atoms with Crippen molar-refractivity contribution in [2.75, 3.05) is 14.2 Å². The summed E-state index contributed by atoms with van der Waals surface area (Å²) in [6, 6.07) is -1.79. The largest absolute Gasteiger partial charge is 0.452 e. The number of aliphatic hydroxyl groups excluding tert-OH is 2. The number of imidazole rings is 1. The van der Waals surface area contributed by atoms with Crippen molar-refractivity contribution >= 4 is 35.0 Å². The number of amides is 2. The molecule has 2 N–H and O–H groups in total. The van der Waals surface area contributed by atoms with Crippen LogP contribution in [-0.2, 0) is 9.47 Å². The van der Waals surface area contributed by atoms with Crippen LogP contribution in [0.15, 0.2) is 6.33 Å². The lowest BCUT2D eigenvalue weighted by molar-refractivity contribution is -0.00695. The zero-order valence-corrected chi connectivity index (χ0v) is 15.5. The molecule has 0 bridgehead atoms. The predicted octanol–water partition coefficient (Wildman–Crippen LogP) is 0.658. The molecule has 0 aromatic carbocycles. The number of carbonyl (C=O) groups is 2. The lowest BCUT2D eigenvalue weighted by atomic mass is 10.2. The van der Waals surface area contributed by atoms with Gasteiger partial charge in [0.25, 0.3) is 0 Å². The van der Waals surface area contributed by atoms with E-state index in [1.165, 1.54) is 10.9 Å². The highest BCUT2D eigenvalue weighted by Crippen LogP contribution is 2.36. The Morgan fingerprint density at radius 3 is 2.44 bits per heavy atom. The molecule has 3 rings (SSSR count). The van der Waals surface area contributed by atoms with Crippen LogP contribution < -0.4 is 0 Å². The minimum absolute atomic E-state index is 0.0265. The Bertz CT molecular complexity index is 873. The number of hydrogen-bond acceptors (Lipinski definition) is 9. The van der Waals surface area contributed by atoms with Crippen LogP contribution in [0.2, 0.25) is 5.15 Å². The van der Waals surface area contributed by atoms with Gasteiger partial charge in [-0.3, -0.25) is 0 Å². The molecule has 1 fully saturated rings. The number of ether oxygens (including phenoxy) is 2. The fraction of sp³-hybridized carbons (Fsp3) is 0.533. The van der Waals surface area contributed by atoms with E-state index in [-0.39, 0.29) is 11.6 Å². The summed E-state index contributed by atoms with van der Waals surface area (Å²) in [6.07, 6.45) is -3.30. The lowest BCUT2D eigenvalue weighted by Gasteiger charge is -2.26. The van der Waals surface area contributed by atoms with E-state index in [0.29, 0.717) is 21.9 Å². The van der Waals surface area contributed by atoms with Gasteiger partial charge in [0.2, 0.25) is 0 Å². The SMILES string of the molecule is COC(=O)N(C(=O)OC)[C@H]1C[C@@H](n2cnc3c(Cl)nc(C)nc32)[C@H](O)[C@@H]1O. The molecule has 0 saturated heterocycles. The number of aryl methyl sites for hydroxylation is 1. The van der Waals surface area contributed by atoms with Gasteiger partial charge in [-0.25, -0.2) is 29.4 Å². The normalized spacial score (nSPS) is 24.8. The number of aliphatic hydroxyl groups is 2. The second-order valence-electron chi connectivity index (χ2n) is 6.05. The molecule has 0 spiro atoms. The first-order valence-electron chi connectivity index (χ1n) is 7.98. The molecule has 0 radical (unpaired) electrons. The summed E-state index contributed by atoms with van der Waals surface area (Å²) in [6.45, 7) is 1.65. The van der Waals surface area contributed by atoms with Crippen molar-refractivity contribution in [2.45, 2.75) is 37.6 Å². The van der Waals surface area contributed by atoms with E-state index in [9.17, 15) is 19.8 Å². The number of imide groups is 1. The number of nitrogens with zero attached hydrogens (tertiary/aromatic N) is 5. The van der Waals surface area contributed by atoms with E-state index in [1.807, 2.05) is 0 Å². The smallest absolute Gasteiger partial charge is 0.419 e. The molecule has 1 aliphatic rings. The Labute approximate surface area is 158 Å². The van der Waals surface area contributed by atoms with Crippen molar-refractivity contribution in [3.63, 3.8) is 0 Å². The van der Waals surface area contributed by atoms with E-state index in [2.05, 4.69) is 24.4 Å². The Balaban J connectivity index is 2.00. The van der Waals surface area contributed by atoms with Crippen LogP contribution in [0.4, 0.5) is 9.59 Å². The quantitative estimate of drug-likeness (QED) is 0.696. The van der Waals surface area contributed by atoms with Crippen molar-refractivity contribution < 1.29 is 29.3 Å². The molecule has 2 aromatic rings. The van der Waals surface area contributed by atoms with Crippen molar-refractivity contribution in [3.8, 4) is 0 Å². The summed E-state index contributed by atoms with van der Waals surface area (Å²) < 4.78 is 10.7. The van der Waals surface area contributed by atoms with Gasteiger partial charge in [-0.05, 0) is 13.3 Å². The molecule has 146 valence electrons. The monoisotopic (exact) mass is 399 g/mol. The average molecular weight is 400 g/mol. The first kappa shape index (κ1) is 19.3. The molecule has 12 heteroatoms. The van der Waals surface area contributed by atoms with Crippen LogP contribution in [0.3, 0.4) is 0 Å². The topological polar surface area (TPSA) is 140 Å². The fourth-order valence-electron chi connectivity index (χ4n) is 3.29. The summed E-state index contributed by atoms with van der Waals surface area (Å²) in [4.78, 5) is 37.1. The highest BCUT2D eigenvalue weighted by Gasteiger charge is 2.49. The Morgan fingerprint density at radius 2 is 1.85 bits per heavy atom. The third-order valence-electron chi connectivity index (χ3n) is 4.54. The zero-order valence-electron chi connectivity index (χ0n) is 14.7. The zero-order chi connectivity index (χ0) is 19.9. The predicted molar refractivity (Wildman–Crippen MR) is 91.2 cm³/mol. The molecule has 11 nitrogen and oxygen atoms in total. The average Bonchev–Trinajstić information content (AvgIpc) is 3.17. The van der Waals surface area contributed by atoms with Crippen LogP contribution in [0.1, 0.15) is 18.3 Å². The maximum atomic E-state index is 12.0. The number of fused-ring (bicyclic) bond motifs is 1. The lowest BCUT2D eigenvalue weighted by Crippen LogP contribution is -2.49. The van der Waals surface area contributed by atoms with Gasteiger partial charge in [0, 0.05) is 0 Å². The third-order valence-corrected chi connectivity index (χ3v) is 4.81. The van der Waals surface area contributed by atoms with E-state index in [0.717, 1.165) is 14.2 Å². The molecule has 2 aromatic heterocycles. The van der Waals surface area contributed by atoms with Crippen molar-refractivity contribution in [2.24, 2.45) is 0 Å². The van der Waals surface area contributed by atoms with E-state index < -0.39 is 36.5 Å². The second-order valence-corrected chi connectivity index (χ2v) is 6.41. The molecule has 0 aliphatic heterocycles. The summed E-state index contributed by atoms with van der Waals surface area (Å²) in [5.74, 6) is 0.407. The van der Waals surface area contributed by atoms with Crippen LogP contribution in [0, 0.1) is 6.92 Å². The first-order chi connectivity index (χ1) is 12.8. The Kier molecular flexibility index (Phi) is 5.18. The maximum absolute atomic E-state index is 12.0. The number of rotatable bonds is 2. The standard InChI is InChI=1S/C15H18ClN5O6/c1-6-18-12(16)9-13(19-6)20(5-17-9)7-4-8(11(23)10(7)22)21(14(24)26-2)15(25)27-3/h5,7-8,10-11,22-23H,4H2,1-3H3/t7-,8+,10+,11-/m1/s1. The minimum Gasteiger partial charge on any atom is -0.452 e. The van der Waals surface area contributed by atoms with Crippen LogP contribution in [0.25, 0.3) is 11.2 Å². The molecule has 4 atom stereocenters. The van der Waals surface area contributed by atoms with E-state index in [1.54, 1.807) is 6.92 Å². The van der Waals surface area contributed by atoms with Gasteiger partial charge >= 0.3 is 12.2 Å². The molecular weight excluding hydrogens is 382 g/mol. The highest BCUT2D eigenvalue weighted by molar-refractivity contribution is 6.33. The van der Waals surface area contributed by atoms with Gasteiger partial charge in [0.15, 0.2) is 10.8 Å². The van der Waals surface area contributed by atoms with Gasteiger partial charge < -0.3 is 24.3 Å². The summed E-state index contributed by atoms with van der Waals surface area (Å²) >= 11 is 6.08. The molecule has 2 amide bonds. The number of methoxy groups -OCH3 is 2. The summed E-state index contributed by atoms with van der Waals surface area (Å²) in [5.41, 5.74) is 0.706. The molecule has 2 heterocycles. The number of carbonyl (C=O) groups excluding carboxylic acids is 2. The maximum Gasteiger partial charge on any atom is 0.419 e. The van der Waals surface area contributed by atoms with Crippen molar-refractivity contribution in [3.05, 3.63) is 17.3 Å². The molecule has 1 aliphatic carbocycles. The van der Waals surface area contributed by atoms with Crippen LogP contribution in [-0.4, -0.2) is 79.3 Å². The van der Waals surface area contributed by atoms with Gasteiger partial charge in [-0.1, -0.05) is 11.6 Å². The van der Waals surface area contributed by atoms with Gasteiger partial charge in [0.1, 0.15) is 23.5 Å². The molecule has 27 heavy (non-hydrogen) atoms. The van der Waals surface area contributed by atoms with Crippen molar-refractivity contribution in [1.82, 2.24) is 24.4 Å². The number of halogens is 1. The number of hydrogen-bond donors (Lipinski definition) is 2. The fourth-order valence-corrected chi connectivity index (χ4v) is 3.54. The summed E-state index contributed by atoms with van der Waals surface area (Å²) in [5, 5.41) is 21.2. The van der Waals surface area contributed by atoms with Gasteiger partial charge in [-0.15, -0.1) is 0 Å². The van der Waals surface area contributed by atoms with E-state index >= 15 is 0 Å². The molecular formula is C15H18ClN5O6. The molecule has 1 saturated carbocycles. The number of aromatic nitrogens is 4. The first-order valence-corrected chi connectivity index (χ1v) is 8.35. The van der Waals surface area contributed by atoms with Gasteiger partial charge in [-0.2, -0.15) is 0 Å². The third kappa shape index (κ3) is 3.17. The van der Waals surface area contributed by atoms with Gasteiger partial charge in [0.05, 0.1) is 32.6 Å². The van der Waals surface area contributed by atoms with Crippen LogP contribution in [0.5, 0.6) is 0 Å². The summed E-state index contributed by atoms with van der Waals surface area (Å²) in [7, 11) is 2.19. The second kappa shape index (κ2) is 7.25. The highest BCUT2D eigenvalue weighted by atomic mass is 35.5. The Morgan fingerprint density at radius 1 is 1.22 bits per heavy atom. The Hall–Kier alpha value is -2.50. The minimum atomic E-state index is -1.43. The molecule has 0 unspecified atom stereocenters. The van der Waals surface area contributed by atoms with E-state index in [4.69, 9.17) is 11.6 Å².